The number of amides is 1. The summed E-state index contributed by atoms with van der Waals surface area (Å²) in [4.78, 5) is 25.8. The number of nitrogens with zero attached hydrogens (tertiary/aromatic N) is 4. The van der Waals surface area contributed by atoms with Crippen LogP contribution in [0.5, 0.6) is 0 Å². The maximum absolute atomic E-state index is 13.0. The minimum Gasteiger partial charge on any atom is -0.443 e. The number of hydrogen-bond acceptors (Lipinski definition) is 7. The molecule has 1 amide bonds. The fourth-order valence-electron chi connectivity index (χ4n) is 3.84. The van der Waals surface area contributed by atoms with Gasteiger partial charge in [-0.25, -0.2) is 14.8 Å². The number of pyridine rings is 1. The zero-order chi connectivity index (χ0) is 31.7. The fraction of sp³-hybridized carbons (Fsp3) is 0.441. The molecule has 0 aliphatic heterocycles. The first kappa shape index (κ1) is 34.7. The summed E-state index contributed by atoms with van der Waals surface area (Å²) in [5.74, 6) is 0.417. The first-order chi connectivity index (χ1) is 19.8. The van der Waals surface area contributed by atoms with E-state index in [4.69, 9.17) is 9.72 Å². The molecule has 2 heterocycles. The predicted molar refractivity (Wildman–Crippen MR) is 180 cm³/mol. The van der Waals surface area contributed by atoms with Crippen LogP contribution in [0.4, 0.5) is 16.3 Å². The van der Waals surface area contributed by atoms with Crippen LogP contribution in [0.2, 0.25) is 0 Å². The van der Waals surface area contributed by atoms with Crippen molar-refractivity contribution in [1.29, 1.82) is 0 Å². The quantitative estimate of drug-likeness (QED) is 0.241. The molecular formula is C34H48N4O3S. The van der Waals surface area contributed by atoms with Gasteiger partial charge in [-0.3, -0.25) is 4.90 Å². The van der Waals surface area contributed by atoms with E-state index in [0.717, 1.165) is 37.6 Å². The van der Waals surface area contributed by atoms with E-state index in [-0.39, 0.29) is 6.61 Å². The zero-order valence-corrected chi connectivity index (χ0v) is 28.0. The molecule has 0 spiro atoms. The number of aliphatic hydroxyl groups is 1. The van der Waals surface area contributed by atoms with Crippen molar-refractivity contribution in [2.75, 3.05) is 30.5 Å². The van der Waals surface area contributed by atoms with Crippen LogP contribution in [0.3, 0.4) is 0 Å². The number of fused-ring (bicyclic) bond motifs is 1. The van der Waals surface area contributed by atoms with Crippen LogP contribution in [0.15, 0.2) is 60.8 Å². The number of carbonyl (C=O) groups excluding carboxylic acids is 1. The van der Waals surface area contributed by atoms with Gasteiger partial charge < -0.3 is 14.7 Å². The SMILES string of the molecule is CC.CCC.CN(C)c1ccc2nc(-c3ccc(-c4ccc(N(C(=O)OC(C)(C)C)C(C)(C)CO)nc4)cc3)sc2c1. The summed E-state index contributed by atoms with van der Waals surface area (Å²) in [5, 5.41) is 10.9. The molecule has 42 heavy (non-hydrogen) atoms. The molecule has 228 valence electrons. The molecule has 0 saturated heterocycles. The molecule has 8 heteroatoms. The van der Waals surface area contributed by atoms with E-state index in [0.29, 0.717) is 5.82 Å². The second kappa shape index (κ2) is 15.1. The highest BCUT2D eigenvalue weighted by atomic mass is 32.1. The normalized spacial score (nSPS) is 11.1. The van der Waals surface area contributed by atoms with Crippen LogP contribution < -0.4 is 9.80 Å². The Balaban J connectivity index is 0.00000116. The average molecular weight is 593 g/mol. The maximum Gasteiger partial charge on any atom is 0.416 e. The molecule has 0 unspecified atom stereocenters. The van der Waals surface area contributed by atoms with Crippen molar-refractivity contribution in [2.45, 2.75) is 79.9 Å². The van der Waals surface area contributed by atoms with Gasteiger partial charge in [-0.2, -0.15) is 0 Å². The van der Waals surface area contributed by atoms with Gasteiger partial charge in [0.2, 0.25) is 0 Å². The summed E-state index contributed by atoms with van der Waals surface area (Å²) < 4.78 is 6.74. The number of thiazole rings is 1. The van der Waals surface area contributed by atoms with E-state index in [1.54, 1.807) is 37.4 Å². The number of benzene rings is 2. The molecule has 2 aromatic carbocycles. The summed E-state index contributed by atoms with van der Waals surface area (Å²) in [6.45, 7) is 17.0. The smallest absolute Gasteiger partial charge is 0.416 e. The van der Waals surface area contributed by atoms with Crippen LogP contribution in [0.25, 0.3) is 31.9 Å². The molecule has 0 bridgehead atoms. The van der Waals surface area contributed by atoms with Crippen molar-refractivity contribution < 1.29 is 14.6 Å². The first-order valence-corrected chi connectivity index (χ1v) is 15.4. The second-order valence-electron chi connectivity index (χ2n) is 11.5. The zero-order valence-electron chi connectivity index (χ0n) is 27.1. The van der Waals surface area contributed by atoms with E-state index in [1.807, 2.05) is 66.9 Å². The Morgan fingerprint density at radius 3 is 1.98 bits per heavy atom. The molecule has 1 N–H and O–H groups in total. The average Bonchev–Trinajstić information content (AvgIpc) is 3.38. The Kier molecular flexibility index (Phi) is 12.5. The van der Waals surface area contributed by atoms with Crippen molar-refractivity contribution in [3.8, 4) is 21.7 Å². The molecule has 2 aromatic heterocycles. The number of rotatable bonds is 6. The van der Waals surface area contributed by atoms with Gasteiger partial charge in [-0.05, 0) is 70.5 Å². The van der Waals surface area contributed by atoms with Gasteiger partial charge in [0.15, 0.2) is 0 Å². The van der Waals surface area contributed by atoms with Crippen molar-refractivity contribution in [2.24, 2.45) is 0 Å². The van der Waals surface area contributed by atoms with Gasteiger partial charge in [0, 0.05) is 37.1 Å². The largest absolute Gasteiger partial charge is 0.443 e. The Morgan fingerprint density at radius 2 is 1.48 bits per heavy atom. The van der Waals surface area contributed by atoms with Crippen LogP contribution in [0, 0.1) is 0 Å². The van der Waals surface area contributed by atoms with Gasteiger partial charge >= 0.3 is 6.09 Å². The lowest BCUT2D eigenvalue weighted by molar-refractivity contribution is 0.0517. The minimum absolute atomic E-state index is 0.237. The highest BCUT2D eigenvalue weighted by Gasteiger charge is 2.36. The summed E-state index contributed by atoms with van der Waals surface area (Å²) in [7, 11) is 4.07. The Morgan fingerprint density at radius 1 is 0.905 bits per heavy atom. The van der Waals surface area contributed by atoms with Gasteiger partial charge in [0.05, 0.1) is 22.4 Å². The summed E-state index contributed by atoms with van der Waals surface area (Å²) in [5.41, 5.74) is 3.58. The number of hydrogen-bond donors (Lipinski definition) is 1. The standard InChI is InChI=1S/C29H34N4O3S.C3H8.C2H6/c1-28(2,3)36-27(35)33(29(4,5)18-34)25-15-12-21(17-30-25)19-8-10-20(11-9-19)26-31-23-14-13-22(32(6)7)16-24(23)37-26;1-3-2;1-2/h8-17,34H,18H2,1-7H3;3H2,1-2H3;1-2H3. The van der Waals surface area contributed by atoms with Gasteiger partial charge in [-0.15, -0.1) is 11.3 Å². The maximum atomic E-state index is 13.0. The third kappa shape index (κ3) is 9.00. The number of carbonyl (C=O) groups is 1. The number of aromatic nitrogens is 2. The molecule has 4 aromatic rings. The molecule has 7 nitrogen and oxygen atoms in total. The molecule has 0 atom stereocenters. The summed E-state index contributed by atoms with van der Waals surface area (Å²) >= 11 is 1.68. The topological polar surface area (TPSA) is 78.8 Å². The first-order valence-electron chi connectivity index (χ1n) is 14.6. The lowest BCUT2D eigenvalue weighted by atomic mass is 10.0. The number of aliphatic hydroxyl groups excluding tert-OH is 1. The Hall–Kier alpha value is -3.49. The monoisotopic (exact) mass is 592 g/mol. The third-order valence-corrected chi connectivity index (χ3v) is 6.97. The molecule has 0 saturated carbocycles. The van der Waals surface area contributed by atoms with Crippen molar-refractivity contribution in [3.63, 3.8) is 0 Å². The Labute approximate surface area is 256 Å². The van der Waals surface area contributed by atoms with Crippen molar-refractivity contribution in [1.82, 2.24) is 9.97 Å². The third-order valence-electron chi connectivity index (χ3n) is 5.90. The highest BCUT2D eigenvalue weighted by molar-refractivity contribution is 7.21. The summed E-state index contributed by atoms with van der Waals surface area (Å²) in [6, 6.07) is 18.2. The number of anilines is 2. The predicted octanol–water partition coefficient (Wildman–Crippen LogP) is 9.05. The van der Waals surface area contributed by atoms with Crippen molar-refractivity contribution >= 4 is 39.2 Å². The lowest BCUT2D eigenvalue weighted by Gasteiger charge is -2.37. The van der Waals surface area contributed by atoms with Gasteiger partial charge in [0.25, 0.3) is 0 Å². The highest BCUT2D eigenvalue weighted by Crippen LogP contribution is 2.34. The van der Waals surface area contributed by atoms with Crippen LogP contribution in [-0.2, 0) is 4.74 Å². The molecule has 0 aliphatic rings. The molecule has 0 radical (unpaired) electrons. The van der Waals surface area contributed by atoms with Crippen LogP contribution in [0.1, 0.15) is 68.7 Å². The van der Waals surface area contributed by atoms with Crippen molar-refractivity contribution in [3.05, 3.63) is 60.8 Å². The van der Waals surface area contributed by atoms with E-state index in [9.17, 15) is 9.90 Å². The Bertz CT molecular complexity index is 1410. The van der Waals surface area contributed by atoms with E-state index < -0.39 is 17.2 Å². The van der Waals surface area contributed by atoms with Crippen LogP contribution in [-0.4, -0.2) is 53.0 Å². The molecule has 0 fully saturated rings. The van der Waals surface area contributed by atoms with E-state index in [1.165, 1.54) is 11.3 Å². The molecular weight excluding hydrogens is 544 g/mol. The van der Waals surface area contributed by atoms with Gasteiger partial charge in [0.1, 0.15) is 16.4 Å². The minimum atomic E-state index is -0.886. The van der Waals surface area contributed by atoms with Crippen LogP contribution >= 0.6 is 11.3 Å². The van der Waals surface area contributed by atoms with Gasteiger partial charge in [-0.1, -0.05) is 58.4 Å². The number of ether oxygens (including phenoxy) is 1. The molecule has 4 rings (SSSR count). The second-order valence-corrected chi connectivity index (χ2v) is 12.6. The fourth-order valence-corrected chi connectivity index (χ4v) is 4.84. The van der Waals surface area contributed by atoms with E-state index >= 15 is 0 Å². The molecule has 0 aliphatic carbocycles. The van der Waals surface area contributed by atoms with E-state index in [2.05, 4.69) is 54.1 Å². The lowest BCUT2D eigenvalue weighted by Crippen LogP contribution is -2.52. The summed E-state index contributed by atoms with van der Waals surface area (Å²) in [6.07, 6.45) is 2.43.